The van der Waals surface area contributed by atoms with E-state index in [4.69, 9.17) is 15.0 Å². The molecular weight excluding hydrogens is 755 g/mol. The zero-order valence-electron chi connectivity index (χ0n) is 34.2. The molecule has 0 bridgehead atoms. The van der Waals surface area contributed by atoms with Crippen LogP contribution in [0.25, 0.3) is 89.8 Å². The Morgan fingerprint density at radius 2 is 0.855 bits per heavy atom. The van der Waals surface area contributed by atoms with E-state index >= 15 is 0 Å². The molecule has 0 N–H and O–H groups in total. The zero-order chi connectivity index (χ0) is 41.5. The third-order valence-electron chi connectivity index (χ3n) is 12.9. The summed E-state index contributed by atoms with van der Waals surface area (Å²) in [6.07, 6.45) is 9.76. The Hall–Kier alpha value is -7.81. The molecule has 5 nitrogen and oxygen atoms in total. The fourth-order valence-corrected chi connectivity index (χ4v) is 9.67. The van der Waals surface area contributed by atoms with Crippen molar-refractivity contribution in [1.29, 1.82) is 5.26 Å². The molecular formula is C57H41N5. The van der Waals surface area contributed by atoms with Crippen molar-refractivity contribution in [2.24, 2.45) is 0 Å². The summed E-state index contributed by atoms with van der Waals surface area (Å²) >= 11 is 0. The van der Waals surface area contributed by atoms with Gasteiger partial charge in [-0.15, -0.1) is 0 Å². The summed E-state index contributed by atoms with van der Waals surface area (Å²) in [5.74, 6) is 1.89. The highest BCUT2D eigenvalue weighted by molar-refractivity contribution is 5.85. The average molecular weight is 796 g/mol. The first kappa shape index (κ1) is 37.2. The van der Waals surface area contributed by atoms with Gasteiger partial charge in [0.15, 0.2) is 17.5 Å². The van der Waals surface area contributed by atoms with Crippen molar-refractivity contribution in [3.05, 3.63) is 205 Å². The third kappa shape index (κ3) is 6.76. The molecule has 7 aromatic carbocycles. The molecule has 1 saturated carbocycles. The molecule has 62 heavy (non-hydrogen) atoms. The molecule has 0 saturated heterocycles. The number of rotatable bonds is 7. The monoisotopic (exact) mass is 795 g/mol. The van der Waals surface area contributed by atoms with Crippen molar-refractivity contribution in [2.75, 3.05) is 0 Å². The topological polar surface area (TPSA) is 75.3 Å². The molecule has 1 spiro atoms. The van der Waals surface area contributed by atoms with Gasteiger partial charge in [0.1, 0.15) is 0 Å². The van der Waals surface area contributed by atoms with Gasteiger partial charge >= 0.3 is 0 Å². The highest BCUT2D eigenvalue weighted by atomic mass is 15.0. The summed E-state index contributed by atoms with van der Waals surface area (Å²) < 4.78 is 0. The zero-order valence-corrected chi connectivity index (χ0v) is 34.2. The first-order valence-electron chi connectivity index (χ1n) is 21.5. The van der Waals surface area contributed by atoms with Crippen molar-refractivity contribution in [3.63, 3.8) is 0 Å². The predicted molar refractivity (Wildman–Crippen MR) is 250 cm³/mol. The van der Waals surface area contributed by atoms with Crippen molar-refractivity contribution in [2.45, 2.75) is 37.5 Å². The fourth-order valence-electron chi connectivity index (χ4n) is 9.67. The van der Waals surface area contributed by atoms with E-state index in [1.165, 1.54) is 76.6 Å². The number of hydrogen-bond donors (Lipinski definition) is 0. The predicted octanol–water partition coefficient (Wildman–Crippen LogP) is 14.0. The van der Waals surface area contributed by atoms with Gasteiger partial charge in [-0.1, -0.05) is 171 Å². The Morgan fingerprint density at radius 3 is 1.37 bits per heavy atom. The Bertz CT molecular complexity index is 3110. The lowest BCUT2D eigenvalue weighted by molar-refractivity contribution is 0.353. The molecule has 2 aromatic heterocycles. The summed E-state index contributed by atoms with van der Waals surface area (Å²) in [6, 6.07) is 64.3. The molecule has 294 valence electrons. The van der Waals surface area contributed by atoms with E-state index in [-0.39, 0.29) is 5.41 Å². The number of aromatic nitrogens is 4. The van der Waals surface area contributed by atoms with Crippen LogP contribution in [0.4, 0.5) is 0 Å². The van der Waals surface area contributed by atoms with Crippen LogP contribution in [0.15, 0.2) is 188 Å². The van der Waals surface area contributed by atoms with Crippen LogP contribution in [-0.4, -0.2) is 19.9 Å². The number of pyridine rings is 1. The molecule has 0 radical (unpaired) electrons. The van der Waals surface area contributed by atoms with E-state index in [2.05, 4.69) is 145 Å². The first-order valence-corrected chi connectivity index (χ1v) is 21.5. The highest BCUT2D eigenvalue weighted by Crippen LogP contribution is 2.56. The van der Waals surface area contributed by atoms with Crippen LogP contribution >= 0.6 is 0 Å². The Balaban J connectivity index is 0.837. The van der Waals surface area contributed by atoms with E-state index in [1.54, 1.807) is 6.20 Å². The van der Waals surface area contributed by atoms with Crippen molar-refractivity contribution < 1.29 is 0 Å². The third-order valence-corrected chi connectivity index (χ3v) is 12.9. The molecule has 0 aliphatic heterocycles. The molecule has 11 rings (SSSR count). The average Bonchev–Trinajstić information content (AvgIpc) is 3.61. The maximum absolute atomic E-state index is 9.67. The summed E-state index contributed by atoms with van der Waals surface area (Å²) in [4.78, 5) is 19.1. The Morgan fingerprint density at radius 1 is 0.387 bits per heavy atom. The molecule has 5 heteroatoms. The lowest BCUT2D eigenvalue weighted by Crippen LogP contribution is -2.28. The van der Waals surface area contributed by atoms with E-state index < -0.39 is 0 Å². The number of nitriles is 1. The van der Waals surface area contributed by atoms with Gasteiger partial charge in [-0.3, -0.25) is 4.98 Å². The SMILES string of the molecule is N#Cc1ccc2c(c1)-c1ccc(-c3ccc(-c4ccc(-c5ccc(-c6nc(-c7ccccc7)nc(-c7ccc(-c8cccnc8)cc7)n6)cc5)cc4)cc3)cc1C21CCCCC1. The van der Waals surface area contributed by atoms with Crippen LogP contribution in [0.3, 0.4) is 0 Å². The molecule has 2 heterocycles. The minimum Gasteiger partial charge on any atom is -0.264 e. The molecule has 0 unspecified atom stereocenters. The van der Waals surface area contributed by atoms with Crippen LogP contribution in [0.1, 0.15) is 48.8 Å². The molecule has 0 amide bonds. The second kappa shape index (κ2) is 15.7. The van der Waals surface area contributed by atoms with Crippen molar-refractivity contribution in [1.82, 2.24) is 19.9 Å². The summed E-state index contributed by atoms with van der Waals surface area (Å²) in [6.45, 7) is 0. The fraction of sp³-hybridized carbons (Fsp3) is 0.105. The number of hydrogen-bond acceptors (Lipinski definition) is 5. The first-order chi connectivity index (χ1) is 30.6. The van der Waals surface area contributed by atoms with Crippen molar-refractivity contribution >= 4 is 0 Å². The lowest BCUT2D eigenvalue weighted by atomic mass is 9.67. The Kier molecular flexibility index (Phi) is 9.40. The highest BCUT2D eigenvalue weighted by Gasteiger charge is 2.43. The molecule has 9 aromatic rings. The minimum absolute atomic E-state index is 0.0479. The normalized spacial score (nSPS) is 13.6. The van der Waals surface area contributed by atoms with Gasteiger partial charge < -0.3 is 0 Å². The molecule has 2 aliphatic rings. The summed E-state index contributed by atoms with van der Waals surface area (Å²) in [7, 11) is 0. The maximum atomic E-state index is 9.67. The van der Waals surface area contributed by atoms with Crippen molar-refractivity contribution in [3.8, 4) is 95.9 Å². The number of fused-ring (bicyclic) bond motifs is 5. The van der Waals surface area contributed by atoms with Gasteiger partial charge in [-0.2, -0.15) is 5.26 Å². The van der Waals surface area contributed by atoms with Crippen LogP contribution < -0.4 is 0 Å². The smallest absolute Gasteiger partial charge is 0.164 e. The second-order valence-electron chi connectivity index (χ2n) is 16.5. The maximum Gasteiger partial charge on any atom is 0.164 e. The van der Waals surface area contributed by atoms with Gasteiger partial charge in [0.2, 0.25) is 0 Å². The lowest BCUT2D eigenvalue weighted by Gasteiger charge is -2.36. The van der Waals surface area contributed by atoms with Gasteiger partial charge in [-0.25, -0.2) is 15.0 Å². The summed E-state index contributed by atoms with van der Waals surface area (Å²) in [5, 5.41) is 9.67. The standard InChI is InChI=1S/C57H41N5/c58-36-38-11-30-52-51(34-38)50-29-28-48(35-53(50)57(52)31-5-2-6-32-57)43-18-16-41(17-19-43)39-12-14-40(15-13-39)42-20-24-46(25-21-42)55-60-54(45-8-3-1-4-9-45)61-56(62-55)47-26-22-44(23-27-47)49-10-7-33-59-37-49/h1,3-4,7-30,33-35,37H,2,5-6,31-32H2. The minimum atomic E-state index is 0.0479. The van der Waals surface area contributed by atoms with Crippen LogP contribution in [0, 0.1) is 11.3 Å². The Labute approximate surface area is 362 Å². The number of benzene rings is 7. The van der Waals surface area contributed by atoms with Gasteiger partial charge in [0, 0.05) is 34.5 Å². The van der Waals surface area contributed by atoms with Gasteiger partial charge in [0.05, 0.1) is 11.6 Å². The molecule has 0 atom stereocenters. The molecule has 2 aliphatic carbocycles. The van der Waals surface area contributed by atoms with Gasteiger partial charge in [0.25, 0.3) is 0 Å². The van der Waals surface area contributed by atoms with Crippen LogP contribution in [0.2, 0.25) is 0 Å². The summed E-state index contributed by atoms with van der Waals surface area (Å²) in [5.41, 5.74) is 18.2. The van der Waals surface area contributed by atoms with E-state index in [9.17, 15) is 5.26 Å². The van der Waals surface area contributed by atoms with E-state index in [0.29, 0.717) is 17.5 Å². The quantitative estimate of drug-likeness (QED) is 0.161. The van der Waals surface area contributed by atoms with E-state index in [1.807, 2.05) is 48.7 Å². The van der Waals surface area contributed by atoms with Crippen LogP contribution in [0.5, 0.6) is 0 Å². The van der Waals surface area contributed by atoms with Gasteiger partial charge in [-0.05, 0) is 104 Å². The molecule has 1 fully saturated rings. The van der Waals surface area contributed by atoms with Crippen LogP contribution in [-0.2, 0) is 5.41 Å². The number of nitrogens with zero attached hydrogens (tertiary/aromatic N) is 5. The van der Waals surface area contributed by atoms with E-state index in [0.717, 1.165) is 44.5 Å². The largest absolute Gasteiger partial charge is 0.264 e. The second-order valence-corrected chi connectivity index (χ2v) is 16.5.